The first-order valence-electron chi connectivity index (χ1n) is 14.6. The van der Waals surface area contributed by atoms with Gasteiger partial charge in [0.2, 0.25) is 0 Å². The van der Waals surface area contributed by atoms with Gasteiger partial charge in [0.15, 0.2) is 0 Å². The fraction of sp³-hybridized carbons (Fsp3) is 0.0769. The van der Waals surface area contributed by atoms with Crippen molar-refractivity contribution >= 4 is 47.3 Å². The molecule has 0 heterocycles. The maximum atomic E-state index is 2.55. The van der Waals surface area contributed by atoms with E-state index in [1.54, 1.807) is 0 Å². The summed E-state index contributed by atoms with van der Waals surface area (Å²) in [5.74, 6) is 0. The highest BCUT2D eigenvalue weighted by Gasteiger charge is 2.41. The molecule has 0 saturated heterocycles. The van der Waals surface area contributed by atoms with Gasteiger partial charge in [0.05, 0.1) is 0 Å². The first-order chi connectivity index (χ1) is 20.1. The molecule has 6 aromatic rings. The van der Waals surface area contributed by atoms with Crippen LogP contribution in [0.15, 0.2) is 158 Å². The number of fused-ring (bicyclic) bond motifs is 3. The van der Waals surface area contributed by atoms with Gasteiger partial charge in [-0.25, -0.2) is 0 Å². The zero-order valence-electron chi connectivity index (χ0n) is 23.7. The summed E-state index contributed by atoms with van der Waals surface area (Å²) in [4.78, 5) is 0. The Morgan fingerprint density at radius 1 is 0.341 bits per heavy atom. The van der Waals surface area contributed by atoms with E-state index in [2.05, 4.69) is 171 Å². The summed E-state index contributed by atoms with van der Waals surface area (Å²) in [6, 6.07) is 59.2. The van der Waals surface area contributed by atoms with Gasteiger partial charge in [0.1, 0.15) is 16.1 Å². The van der Waals surface area contributed by atoms with Gasteiger partial charge in [-0.1, -0.05) is 171 Å². The number of hydrogen-bond donors (Lipinski definition) is 0. The molecule has 2 heteroatoms. The summed E-state index contributed by atoms with van der Waals surface area (Å²) >= 11 is 0. The molecule has 0 N–H and O–H groups in total. The first-order valence-corrected chi connectivity index (χ1v) is 19.6. The molecule has 0 aromatic heterocycles. The van der Waals surface area contributed by atoms with E-state index < -0.39 is 16.1 Å². The average molecular weight is 559 g/mol. The summed E-state index contributed by atoms with van der Waals surface area (Å²) in [6.45, 7) is 5.09. The van der Waals surface area contributed by atoms with E-state index in [9.17, 15) is 0 Å². The third-order valence-corrected chi connectivity index (χ3v) is 18.5. The van der Waals surface area contributed by atoms with Gasteiger partial charge in [0, 0.05) is 0 Å². The smallest absolute Gasteiger partial charge is 0.0624 e. The van der Waals surface area contributed by atoms with Crippen LogP contribution in [0.2, 0.25) is 13.1 Å². The van der Waals surface area contributed by atoms with E-state index in [-0.39, 0.29) is 0 Å². The van der Waals surface area contributed by atoms with Crippen molar-refractivity contribution in [2.24, 2.45) is 0 Å². The Morgan fingerprint density at radius 3 is 0.927 bits per heavy atom. The third kappa shape index (κ3) is 4.09. The molecule has 41 heavy (non-hydrogen) atoms. The topological polar surface area (TPSA) is 0 Å². The lowest BCUT2D eigenvalue weighted by molar-refractivity contribution is 1.29. The molecule has 7 rings (SSSR count). The van der Waals surface area contributed by atoms with Crippen LogP contribution in [0.25, 0.3) is 11.1 Å². The molecule has 0 nitrogen and oxygen atoms in total. The van der Waals surface area contributed by atoms with E-state index in [4.69, 9.17) is 0 Å². The van der Waals surface area contributed by atoms with E-state index in [0.29, 0.717) is 0 Å². The van der Waals surface area contributed by atoms with Gasteiger partial charge in [-0.3, -0.25) is 0 Å². The second kappa shape index (κ2) is 10.3. The summed E-state index contributed by atoms with van der Waals surface area (Å²) < 4.78 is 0. The Morgan fingerprint density at radius 2 is 0.634 bits per heavy atom. The van der Waals surface area contributed by atoms with E-state index in [0.717, 1.165) is 6.42 Å². The largest absolute Gasteiger partial charge is 0.145 e. The average Bonchev–Trinajstić information content (AvgIpc) is 3.45. The quantitative estimate of drug-likeness (QED) is 0.188. The van der Waals surface area contributed by atoms with Crippen LogP contribution in [-0.2, 0) is 6.42 Å². The third-order valence-electron chi connectivity index (χ3n) is 9.48. The Labute approximate surface area is 246 Å². The summed E-state index contributed by atoms with van der Waals surface area (Å²) in [7, 11) is -4.51. The van der Waals surface area contributed by atoms with Gasteiger partial charge in [-0.05, 0) is 59.8 Å². The fourth-order valence-electron chi connectivity index (χ4n) is 7.21. The van der Waals surface area contributed by atoms with Gasteiger partial charge < -0.3 is 0 Å². The van der Waals surface area contributed by atoms with Crippen LogP contribution < -0.4 is 31.1 Å². The lowest BCUT2D eigenvalue weighted by Crippen LogP contribution is -2.66. The minimum absolute atomic E-state index is 0.988. The van der Waals surface area contributed by atoms with Crippen molar-refractivity contribution in [1.82, 2.24) is 0 Å². The lowest BCUT2D eigenvalue weighted by atomic mass is 10.1. The SMILES string of the molecule is C[Si](c1ccccc1)(c1ccccc1)c1cccc2c1Cc1c-2cccc1[Si](C)(c1ccccc1)c1ccccc1. The first kappa shape index (κ1) is 25.7. The lowest BCUT2D eigenvalue weighted by Gasteiger charge is -2.32. The van der Waals surface area contributed by atoms with E-state index in [1.165, 1.54) is 53.4 Å². The predicted molar refractivity (Wildman–Crippen MR) is 181 cm³/mol. The maximum absolute atomic E-state index is 2.55. The molecule has 198 valence electrons. The van der Waals surface area contributed by atoms with Crippen LogP contribution in [-0.4, -0.2) is 16.1 Å². The maximum Gasteiger partial charge on any atom is 0.145 e. The number of benzene rings is 6. The molecule has 0 spiro atoms. The van der Waals surface area contributed by atoms with Crippen molar-refractivity contribution in [1.29, 1.82) is 0 Å². The highest BCUT2D eigenvalue weighted by molar-refractivity contribution is 7.11. The van der Waals surface area contributed by atoms with Crippen LogP contribution in [0.3, 0.4) is 0 Å². The molecule has 0 atom stereocenters. The van der Waals surface area contributed by atoms with E-state index >= 15 is 0 Å². The molecule has 0 aliphatic heterocycles. The van der Waals surface area contributed by atoms with Crippen LogP contribution >= 0.6 is 0 Å². The van der Waals surface area contributed by atoms with Crippen LogP contribution in [0, 0.1) is 0 Å². The van der Waals surface area contributed by atoms with Crippen LogP contribution in [0.4, 0.5) is 0 Å². The van der Waals surface area contributed by atoms with Crippen molar-refractivity contribution in [2.75, 3.05) is 0 Å². The van der Waals surface area contributed by atoms with Gasteiger partial charge in [-0.15, -0.1) is 0 Å². The molecular weight excluding hydrogens is 525 g/mol. The second-order valence-corrected chi connectivity index (χ2v) is 19.4. The Bertz CT molecular complexity index is 1600. The standard InChI is InChI=1S/C39H34Si2/c1-40(30-17-7-3-8-18-30,31-19-9-4-10-20-31)38-27-15-25-34-35-26-16-28-39(37(35)29-36(34)38)41(2,32-21-11-5-12-22-32)33-23-13-6-14-24-33/h3-28H,29H2,1-2H3. The highest BCUT2D eigenvalue weighted by atomic mass is 28.3. The zero-order chi connectivity index (χ0) is 27.9. The van der Waals surface area contributed by atoms with Crippen molar-refractivity contribution in [3.63, 3.8) is 0 Å². The predicted octanol–water partition coefficient (Wildman–Crippen LogP) is 5.46. The van der Waals surface area contributed by atoms with Crippen molar-refractivity contribution in [3.8, 4) is 11.1 Å². The Balaban J connectivity index is 1.45. The van der Waals surface area contributed by atoms with Gasteiger partial charge in [0.25, 0.3) is 0 Å². The van der Waals surface area contributed by atoms with Gasteiger partial charge >= 0.3 is 0 Å². The minimum atomic E-state index is -2.25. The normalized spacial score (nSPS) is 12.5. The van der Waals surface area contributed by atoms with Gasteiger partial charge in [-0.2, -0.15) is 0 Å². The van der Waals surface area contributed by atoms with Crippen LogP contribution in [0.5, 0.6) is 0 Å². The molecule has 6 aromatic carbocycles. The highest BCUT2D eigenvalue weighted by Crippen LogP contribution is 2.36. The molecule has 0 amide bonds. The van der Waals surface area contributed by atoms with Crippen molar-refractivity contribution in [3.05, 3.63) is 169 Å². The second-order valence-electron chi connectivity index (χ2n) is 11.6. The van der Waals surface area contributed by atoms with E-state index in [1.807, 2.05) is 0 Å². The Hall–Kier alpha value is -4.25. The molecule has 0 unspecified atom stereocenters. The minimum Gasteiger partial charge on any atom is -0.0624 e. The van der Waals surface area contributed by atoms with Crippen molar-refractivity contribution < 1.29 is 0 Å². The summed E-state index contributed by atoms with van der Waals surface area (Å²) in [5.41, 5.74) is 5.88. The monoisotopic (exact) mass is 558 g/mol. The summed E-state index contributed by atoms with van der Waals surface area (Å²) in [6.07, 6.45) is 0.988. The molecule has 1 aliphatic rings. The van der Waals surface area contributed by atoms with Crippen molar-refractivity contribution in [2.45, 2.75) is 19.5 Å². The van der Waals surface area contributed by atoms with Crippen LogP contribution in [0.1, 0.15) is 11.1 Å². The molecule has 0 fully saturated rings. The fourth-order valence-corrected chi connectivity index (χ4v) is 15.1. The number of rotatable bonds is 6. The summed E-state index contributed by atoms with van der Waals surface area (Å²) in [5, 5.41) is 8.92. The molecule has 0 bridgehead atoms. The molecule has 0 radical (unpaired) electrons. The molecular formula is C39H34Si2. The number of hydrogen-bond acceptors (Lipinski definition) is 0. The zero-order valence-corrected chi connectivity index (χ0v) is 25.7. The Kier molecular flexibility index (Phi) is 6.46. The molecule has 1 aliphatic carbocycles. The molecule has 0 saturated carbocycles.